The average molecular weight is 609 g/mol. The molecule has 0 bridgehead atoms. The van der Waals surface area contributed by atoms with Crippen molar-refractivity contribution in [1.82, 2.24) is 10.2 Å². The normalized spacial score (nSPS) is 11.8. The number of nitrogens with one attached hydrogen (secondary N) is 1. The van der Waals surface area contributed by atoms with Crippen molar-refractivity contribution < 1.29 is 27.5 Å². The summed E-state index contributed by atoms with van der Waals surface area (Å²) in [5.41, 5.74) is 0.626. The lowest BCUT2D eigenvalue weighted by molar-refractivity contribution is -0.139. The van der Waals surface area contributed by atoms with Gasteiger partial charge in [-0.2, -0.15) is 0 Å². The average Bonchev–Trinajstić information content (AvgIpc) is 2.95. The van der Waals surface area contributed by atoms with Crippen molar-refractivity contribution in [3.05, 3.63) is 82.3 Å². The highest BCUT2D eigenvalue weighted by Gasteiger charge is 2.34. The van der Waals surface area contributed by atoms with Crippen LogP contribution in [0.5, 0.6) is 11.5 Å². The predicted molar refractivity (Wildman–Crippen MR) is 156 cm³/mol. The second-order valence-electron chi connectivity index (χ2n) is 8.69. The zero-order chi connectivity index (χ0) is 29.4. The first-order valence-corrected chi connectivity index (χ1v) is 14.5. The Labute approximate surface area is 244 Å². The molecule has 214 valence electrons. The number of sulfonamides is 1. The Morgan fingerprint density at radius 1 is 0.975 bits per heavy atom. The Balaban J connectivity index is 2.13. The fraction of sp³-hybridized carbons (Fsp3) is 0.286. The second-order valence-corrected chi connectivity index (χ2v) is 11.4. The molecule has 0 heterocycles. The van der Waals surface area contributed by atoms with Crippen molar-refractivity contribution in [3.8, 4) is 11.5 Å². The minimum absolute atomic E-state index is 0.0308. The first-order valence-electron chi connectivity index (χ1n) is 12.3. The number of rotatable bonds is 12. The van der Waals surface area contributed by atoms with Gasteiger partial charge in [0, 0.05) is 29.2 Å². The molecular weight excluding hydrogens is 577 g/mol. The van der Waals surface area contributed by atoms with Crippen LogP contribution in [0, 0.1) is 0 Å². The van der Waals surface area contributed by atoms with Crippen LogP contribution in [0.15, 0.2) is 71.6 Å². The van der Waals surface area contributed by atoms with Crippen molar-refractivity contribution >= 4 is 50.7 Å². The number of likely N-dealkylation sites (N-methyl/N-ethyl adjacent to an activating group) is 1. The lowest BCUT2D eigenvalue weighted by Crippen LogP contribution is -2.51. The number of amides is 2. The number of halogens is 2. The van der Waals surface area contributed by atoms with Crippen LogP contribution in [0.2, 0.25) is 10.0 Å². The van der Waals surface area contributed by atoms with Gasteiger partial charge in [-0.15, -0.1) is 0 Å². The van der Waals surface area contributed by atoms with Crippen LogP contribution in [-0.4, -0.2) is 58.5 Å². The molecule has 3 aromatic carbocycles. The number of hydrogen-bond acceptors (Lipinski definition) is 6. The fourth-order valence-corrected chi connectivity index (χ4v) is 5.87. The molecule has 0 aliphatic rings. The molecule has 12 heteroatoms. The van der Waals surface area contributed by atoms with E-state index in [0.29, 0.717) is 27.9 Å². The SMILES string of the molecule is CCNC(=O)[C@@H](C)N(Cc1ccc(Cl)cc1Cl)C(=O)CN(c1cc(OC)ccc1OC)S(=O)(=O)c1ccccc1. The molecule has 3 aromatic rings. The standard InChI is InChI=1S/C28H31Cl2N3O6S/c1-5-31-28(35)19(2)32(17-20-11-12-21(29)15-24(20)30)27(34)18-33(40(36,37)23-9-7-6-8-10-23)25-16-22(38-3)13-14-26(25)39-4/h6-16,19H,5,17-18H2,1-4H3,(H,31,35)/t19-/m1/s1. The number of ether oxygens (including phenoxy) is 2. The summed E-state index contributed by atoms with van der Waals surface area (Å²) in [6, 6.07) is 16.2. The van der Waals surface area contributed by atoms with Gasteiger partial charge in [0.2, 0.25) is 11.8 Å². The summed E-state index contributed by atoms with van der Waals surface area (Å²) in [5, 5.41) is 3.42. The van der Waals surface area contributed by atoms with Crippen molar-refractivity contribution in [2.24, 2.45) is 0 Å². The highest BCUT2D eigenvalue weighted by molar-refractivity contribution is 7.92. The van der Waals surface area contributed by atoms with E-state index in [1.807, 2.05) is 0 Å². The number of anilines is 1. The Hall–Kier alpha value is -3.47. The summed E-state index contributed by atoms with van der Waals surface area (Å²) in [5.74, 6) is -0.485. The minimum atomic E-state index is -4.28. The Kier molecular flexibility index (Phi) is 10.7. The molecule has 0 aliphatic heterocycles. The third kappa shape index (κ3) is 7.18. The molecule has 0 aliphatic carbocycles. The molecule has 2 amide bonds. The number of methoxy groups -OCH3 is 2. The number of carbonyl (C=O) groups is 2. The molecule has 1 atom stereocenters. The maximum absolute atomic E-state index is 14.0. The molecule has 0 fully saturated rings. The summed E-state index contributed by atoms with van der Waals surface area (Å²) >= 11 is 12.4. The van der Waals surface area contributed by atoms with Crippen molar-refractivity contribution in [2.75, 3.05) is 31.6 Å². The van der Waals surface area contributed by atoms with Gasteiger partial charge in [0.1, 0.15) is 24.1 Å². The minimum Gasteiger partial charge on any atom is -0.497 e. The van der Waals surface area contributed by atoms with Crippen LogP contribution in [0.1, 0.15) is 19.4 Å². The molecule has 0 radical (unpaired) electrons. The zero-order valence-electron chi connectivity index (χ0n) is 22.6. The van der Waals surface area contributed by atoms with Crippen LogP contribution >= 0.6 is 23.2 Å². The third-order valence-electron chi connectivity index (χ3n) is 6.14. The van der Waals surface area contributed by atoms with E-state index in [4.69, 9.17) is 32.7 Å². The maximum Gasteiger partial charge on any atom is 0.264 e. The number of carbonyl (C=O) groups excluding carboxylic acids is 2. The molecule has 0 saturated heterocycles. The van der Waals surface area contributed by atoms with Crippen LogP contribution in [0.25, 0.3) is 0 Å². The lowest BCUT2D eigenvalue weighted by Gasteiger charge is -2.32. The molecule has 0 aromatic heterocycles. The van der Waals surface area contributed by atoms with Crippen molar-refractivity contribution in [3.63, 3.8) is 0 Å². The van der Waals surface area contributed by atoms with Gasteiger partial charge >= 0.3 is 0 Å². The van der Waals surface area contributed by atoms with E-state index in [1.165, 1.54) is 43.4 Å². The highest BCUT2D eigenvalue weighted by Crippen LogP contribution is 2.36. The quantitative estimate of drug-likeness (QED) is 0.318. The van der Waals surface area contributed by atoms with Crippen LogP contribution in [0.4, 0.5) is 5.69 Å². The van der Waals surface area contributed by atoms with E-state index in [2.05, 4.69) is 5.32 Å². The third-order valence-corrected chi connectivity index (χ3v) is 8.50. The number of benzene rings is 3. The first-order chi connectivity index (χ1) is 19.0. The molecule has 9 nitrogen and oxygen atoms in total. The Morgan fingerprint density at radius 3 is 2.27 bits per heavy atom. The van der Waals surface area contributed by atoms with E-state index in [-0.39, 0.29) is 22.9 Å². The molecule has 1 N–H and O–H groups in total. The van der Waals surface area contributed by atoms with E-state index in [9.17, 15) is 18.0 Å². The Morgan fingerprint density at radius 2 is 1.68 bits per heavy atom. The van der Waals surface area contributed by atoms with Gasteiger partial charge in [0.25, 0.3) is 10.0 Å². The van der Waals surface area contributed by atoms with Crippen LogP contribution < -0.4 is 19.1 Å². The van der Waals surface area contributed by atoms with Gasteiger partial charge in [-0.25, -0.2) is 8.42 Å². The maximum atomic E-state index is 14.0. The molecule has 0 spiro atoms. The van der Waals surface area contributed by atoms with Crippen molar-refractivity contribution in [1.29, 1.82) is 0 Å². The second kappa shape index (κ2) is 13.7. The van der Waals surface area contributed by atoms with Gasteiger partial charge in [0.05, 0.1) is 24.8 Å². The predicted octanol–water partition coefficient (Wildman–Crippen LogP) is 4.76. The van der Waals surface area contributed by atoms with Gasteiger partial charge in [-0.3, -0.25) is 13.9 Å². The number of hydrogen-bond donors (Lipinski definition) is 1. The van der Waals surface area contributed by atoms with E-state index in [0.717, 1.165) is 4.31 Å². The van der Waals surface area contributed by atoms with Crippen molar-refractivity contribution in [2.45, 2.75) is 31.3 Å². The summed E-state index contributed by atoms with van der Waals surface area (Å²) in [4.78, 5) is 28.1. The van der Waals surface area contributed by atoms with Crippen LogP contribution in [0.3, 0.4) is 0 Å². The van der Waals surface area contributed by atoms with Gasteiger partial charge in [-0.1, -0.05) is 47.5 Å². The zero-order valence-corrected chi connectivity index (χ0v) is 24.9. The molecule has 3 rings (SSSR count). The summed E-state index contributed by atoms with van der Waals surface area (Å²) < 4.78 is 39.6. The molecule has 0 saturated carbocycles. The van der Waals surface area contributed by atoms with E-state index < -0.39 is 34.4 Å². The summed E-state index contributed by atoms with van der Waals surface area (Å²) in [6.07, 6.45) is 0. The molecule has 0 unspecified atom stereocenters. The van der Waals surface area contributed by atoms with Crippen LogP contribution in [-0.2, 0) is 26.2 Å². The lowest BCUT2D eigenvalue weighted by atomic mass is 10.1. The molecular formula is C28H31Cl2N3O6S. The fourth-order valence-electron chi connectivity index (χ4n) is 3.96. The van der Waals surface area contributed by atoms with Gasteiger partial charge in [-0.05, 0) is 55.8 Å². The topological polar surface area (TPSA) is 105 Å². The Bertz CT molecular complexity index is 1450. The van der Waals surface area contributed by atoms with Gasteiger partial charge in [0.15, 0.2) is 0 Å². The summed E-state index contributed by atoms with van der Waals surface area (Å²) in [7, 11) is -1.44. The van der Waals surface area contributed by atoms with E-state index >= 15 is 0 Å². The summed E-state index contributed by atoms with van der Waals surface area (Å²) in [6.45, 7) is 2.96. The first kappa shape index (κ1) is 31.1. The largest absolute Gasteiger partial charge is 0.497 e. The highest BCUT2D eigenvalue weighted by atomic mass is 35.5. The monoisotopic (exact) mass is 607 g/mol. The van der Waals surface area contributed by atoms with Gasteiger partial charge < -0.3 is 19.7 Å². The number of nitrogens with zero attached hydrogens (tertiary/aromatic N) is 2. The smallest absolute Gasteiger partial charge is 0.264 e. The van der Waals surface area contributed by atoms with E-state index in [1.54, 1.807) is 56.3 Å². The molecule has 40 heavy (non-hydrogen) atoms.